The van der Waals surface area contributed by atoms with Gasteiger partial charge in [0.05, 0.1) is 25.6 Å². The van der Waals surface area contributed by atoms with E-state index in [1.54, 1.807) is 7.11 Å². The number of hydrogen-bond acceptors (Lipinski definition) is 5. The zero-order chi connectivity index (χ0) is 21.1. The first-order chi connectivity index (χ1) is 14.5. The molecule has 0 aliphatic carbocycles. The van der Waals surface area contributed by atoms with Gasteiger partial charge in [-0.1, -0.05) is 18.2 Å². The molecule has 0 unspecified atom stereocenters. The van der Waals surface area contributed by atoms with Crippen molar-refractivity contribution in [2.75, 3.05) is 7.11 Å². The van der Waals surface area contributed by atoms with Crippen molar-refractivity contribution in [3.63, 3.8) is 0 Å². The summed E-state index contributed by atoms with van der Waals surface area (Å²) in [5.41, 5.74) is 4.75. The molecule has 2 aromatic carbocycles. The average molecular weight is 401 g/mol. The molecule has 0 saturated carbocycles. The maximum Gasteiger partial charge on any atom is 0.224 e. The first-order valence-electron chi connectivity index (χ1n) is 9.72. The number of carbonyl (C=O) groups excluding carboxylic acids is 1. The van der Waals surface area contributed by atoms with Crippen molar-refractivity contribution in [2.45, 2.75) is 26.8 Å². The Balaban J connectivity index is 1.42. The summed E-state index contributed by atoms with van der Waals surface area (Å²) < 4.78 is 5.16. The predicted molar refractivity (Wildman–Crippen MR) is 115 cm³/mol. The van der Waals surface area contributed by atoms with E-state index in [1.807, 2.05) is 62.4 Å². The summed E-state index contributed by atoms with van der Waals surface area (Å²) in [4.78, 5) is 21.7. The third-order valence-corrected chi connectivity index (χ3v) is 5.16. The zero-order valence-electron chi connectivity index (χ0n) is 17.2. The molecule has 0 radical (unpaired) electrons. The molecule has 152 valence electrons. The van der Waals surface area contributed by atoms with Crippen LogP contribution in [0.1, 0.15) is 22.6 Å². The van der Waals surface area contributed by atoms with Gasteiger partial charge in [0.2, 0.25) is 5.91 Å². The van der Waals surface area contributed by atoms with Crippen molar-refractivity contribution in [3.8, 4) is 17.1 Å². The Morgan fingerprint density at radius 3 is 2.60 bits per heavy atom. The van der Waals surface area contributed by atoms with E-state index < -0.39 is 0 Å². The van der Waals surface area contributed by atoms with Gasteiger partial charge in [-0.25, -0.2) is 4.98 Å². The molecule has 4 aromatic rings. The first-order valence-corrected chi connectivity index (χ1v) is 9.72. The Hall–Kier alpha value is -3.74. The van der Waals surface area contributed by atoms with Crippen LogP contribution >= 0.6 is 0 Å². The highest BCUT2D eigenvalue weighted by atomic mass is 16.5. The number of fused-ring (bicyclic) bond motifs is 1. The van der Waals surface area contributed by atoms with Gasteiger partial charge in [-0.15, -0.1) is 0 Å². The van der Waals surface area contributed by atoms with Gasteiger partial charge in [-0.05, 0) is 55.3 Å². The lowest BCUT2D eigenvalue weighted by molar-refractivity contribution is -0.120. The molecule has 1 amide bonds. The third-order valence-electron chi connectivity index (χ3n) is 5.16. The number of amides is 1. The molecule has 7 nitrogen and oxygen atoms in total. The maximum atomic E-state index is 12.6. The summed E-state index contributed by atoms with van der Waals surface area (Å²) in [6.07, 6.45) is 0.273. The van der Waals surface area contributed by atoms with E-state index in [9.17, 15) is 4.79 Å². The van der Waals surface area contributed by atoms with Gasteiger partial charge < -0.3 is 10.1 Å². The number of aromatic nitrogens is 4. The molecule has 7 heteroatoms. The van der Waals surface area contributed by atoms with E-state index in [2.05, 4.69) is 25.5 Å². The fourth-order valence-electron chi connectivity index (χ4n) is 3.48. The number of nitrogens with zero attached hydrogens (tertiary/aromatic N) is 3. The van der Waals surface area contributed by atoms with Crippen LogP contribution in [0.4, 0.5) is 0 Å². The smallest absolute Gasteiger partial charge is 0.224 e. The number of carbonyl (C=O) groups is 1. The molecule has 0 aliphatic heterocycles. The standard InChI is InChI=1S/C23H23N5O2/c1-14-18-6-4-5-7-20(18)25-15(2)19(14)12-22(29)24-13-21-26-23(28-27-21)16-8-10-17(30-3)11-9-16/h4-11H,12-13H2,1-3H3,(H,24,29)(H,26,27,28). The summed E-state index contributed by atoms with van der Waals surface area (Å²) in [5.74, 6) is 1.86. The number of ether oxygens (including phenoxy) is 1. The maximum absolute atomic E-state index is 12.6. The normalized spacial score (nSPS) is 10.9. The molecule has 0 spiro atoms. The lowest BCUT2D eigenvalue weighted by Crippen LogP contribution is -2.26. The molecular formula is C23H23N5O2. The minimum Gasteiger partial charge on any atom is -0.497 e. The fraction of sp³-hybridized carbons (Fsp3) is 0.217. The van der Waals surface area contributed by atoms with Crippen molar-refractivity contribution in [1.29, 1.82) is 0 Å². The molecular weight excluding hydrogens is 378 g/mol. The SMILES string of the molecule is COc1ccc(-c2n[nH]c(CNC(=O)Cc3c(C)nc4ccccc4c3C)n2)cc1. The van der Waals surface area contributed by atoms with Gasteiger partial charge in [-0.3, -0.25) is 14.9 Å². The van der Waals surface area contributed by atoms with E-state index in [0.717, 1.165) is 39.0 Å². The minimum atomic E-state index is -0.0827. The monoisotopic (exact) mass is 401 g/mol. The van der Waals surface area contributed by atoms with Crippen LogP contribution in [0.3, 0.4) is 0 Å². The summed E-state index contributed by atoms with van der Waals surface area (Å²) >= 11 is 0. The second-order valence-corrected chi connectivity index (χ2v) is 7.11. The molecule has 0 atom stereocenters. The van der Waals surface area contributed by atoms with E-state index in [1.165, 1.54) is 0 Å². The number of aryl methyl sites for hydroxylation is 2. The van der Waals surface area contributed by atoms with Crippen LogP contribution in [0.15, 0.2) is 48.5 Å². The number of pyridine rings is 1. The van der Waals surface area contributed by atoms with Crippen LogP contribution in [-0.4, -0.2) is 33.2 Å². The van der Waals surface area contributed by atoms with E-state index in [0.29, 0.717) is 11.6 Å². The van der Waals surface area contributed by atoms with Crippen LogP contribution in [0, 0.1) is 13.8 Å². The minimum absolute atomic E-state index is 0.0827. The van der Waals surface area contributed by atoms with Crippen LogP contribution in [0.2, 0.25) is 0 Å². The molecule has 0 fully saturated rings. The van der Waals surface area contributed by atoms with Crippen LogP contribution in [-0.2, 0) is 17.8 Å². The number of aromatic amines is 1. The second-order valence-electron chi connectivity index (χ2n) is 7.11. The number of nitrogens with one attached hydrogen (secondary N) is 2. The van der Waals surface area contributed by atoms with Gasteiger partial charge in [0.25, 0.3) is 0 Å². The lowest BCUT2D eigenvalue weighted by Gasteiger charge is -2.12. The van der Waals surface area contributed by atoms with Crippen molar-refractivity contribution in [2.24, 2.45) is 0 Å². The Kier molecular flexibility index (Phi) is 5.43. The van der Waals surface area contributed by atoms with E-state index >= 15 is 0 Å². The molecule has 0 aliphatic rings. The van der Waals surface area contributed by atoms with Gasteiger partial charge in [0, 0.05) is 16.6 Å². The quantitative estimate of drug-likeness (QED) is 0.516. The molecule has 30 heavy (non-hydrogen) atoms. The topological polar surface area (TPSA) is 92.8 Å². The Morgan fingerprint density at radius 2 is 1.83 bits per heavy atom. The van der Waals surface area contributed by atoms with Gasteiger partial charge in [0.15, 0.2) is 5.82 Å². The third kappa shape index (κ3) is 4.00. The number of hydrogen-bond donors (Lipinski definition) is 2. The van der Waals surface area contributed by atoms with Crippen molar-refractivity contribution >= 4 is 16.8 Å². The van der Waals surface area contributed by atoms with Crippen molar-refractivity contribution < 1.29 is 9.53 Å². The lowest BCUT2D eigenvalue weighted by atomic mass is 9.99. The van der Waals surface area contributed by atoms with Gasteiger partial charge >= 0.3 is 0 Å². The molecule has 4 rings (SSSR count). The van der Waals surface area contributed by atoms with Crippen LogP contribution < -0.4 is 10.1 Å². The van der Waals surface area contributed by atoms with E-state index in [4.69, 9.17) is 4.74 Å². The largest absolute Gasteiger partial charge is 0.497 e. The molecule has 2 aromatic heterocycles. The number of methoxy groups -OCH3 is 1. The Morgan fingerprint density at radius 1 is 1.07 bits per heavy atom. The van der Waals surface area contributed by atoms with Crippen LogP contribution in [0.5, 0.6) is 5.75 Å². The zero-order valence-corrected chi connectivity index (χ0v) is 17.2. The van der Waals surface area contributed by atoms with E-state index in [-0.39, 0.29) is 18.9 Å². The highest BCUT2D eigenvalue weighted by Gasteiger charge is 2.14. The molecule has 0 saturated heterocycles. The average Bonchev–Trinajstić information content (AvgIpc) is 3.24. The van der Waals surface area contributed by atoms with Crippen molar-refractivity contribution in [1.82, 2.24) is 25.5 Å². The first kappa shape index (κ1) is 19.6. The van der Waals surface area contributed by atoms with Gasteiger partial charge in [-0.2, -0.15) is 5.10 Å². The number of rotatable bonds is 6. The predicted octanol–water partition coefficient (Wildman–Crippen LogP) is 3.50. The number of para-hydroxylation sites is 1. The summed E-state index contributed by atoms with van der Waals surface area (Å²) in [5, 5.41) is 11.1. The summed E-state index contributed by atoms with van der Waals surface area (Å²) in [7, 11) is 1.62. The van der Waals surface area contributed by atoms with Crippen molar-refractivity contribution in [3.05, 3.63) is 71.2 Å². The summed E-state index contributed by atoms with van der Waals surface area (Å²) in [6.45, 7) is 4.26. The van der Waals surface area contributed by atoms with Crippen LogP contribution in [0.25, 0.3) is 22.3 Å². The second kappa shape index (κ2) is 8.32. The highest BCUT2D eigenvalue weighted by Crippen LogP contribution is 2.23. The van der Waals surface area contributed by atoms with Gasteiger partial charge in [0.1, 0.15) is 11.6 Å². The molecule has 2 N–H and O–H groups in total. The Bertz CT molecular complexity index is 1200. The molecule has 0 bridgehead atoms. The number of H-pyrrole nitrogens is 1. The summed E-state index contributed by atoms with van der Waals surface area (Å²) in [6, 6.07) is 15.5. The fourth-order valence-corrected chi connectivity index (χ4v) is 3.48. The molecule has 2 heterocycles. The number of benzene rings is 2. The Labute approximate surface area is 174 Å². The highest BCUT2D eigenvalue weighted by molar-refractivity contribution is 5.86.